The molecule has 0 aromatic rings. The van der Waals surface area contributed by atoms with Crippen molar-refractivity contribution in [3.63, 3.8) is 0 Å². The summed E-state index contributed by atoms with van der Waals surface area (Å²) >= 11 is 6.16. The van der Waals surface area contributed by atoms with Crippen molar-refractivity contribution in [2.24, 2.45) is 0 Å². The third-order valence-electron chi connectivity index (χ3n) is 2.30. The molecule has 0 aliphatic rings. The van der Waals surface area contributed by atoms with E-state index in [1.165, 1.54) is 0 Å². The summed E-state index contributed by atoms with van der Waals surface area (Å²) in [5.74, 6) is 0. The maximum Gasteiger partial charge on any atom is 0.0591 e. The van der Waals surface area contributed by atoms with Gasteiger partial charge in [0.25, 0.3) is 0 Å². The number of allylic oxidation sites excluding steroid dienone is 4. The van der Waals surface area contributed by atoms with Crippen molar-refractivity contribution in [1.82, 2.24) is 9.80 Å². The fourth-order valence-electron chi connectivity index (χ4n) is 1.04. The standard InChI is InChI=1S/C12H23ClN2/c1-6-7-8-12(13)11(2)15(5)10-9-14(3)4/h7-8H,6,9-10H2,1-5H3/b8-7-,12-11-. The summed E-state index contributed by atoms with van der Waals surface area (Å²) in [5.41, 5.74) is 1.13. The van der Waals surface area contributed by atoms with Gasteiger partial charge in [0.15, 0.2) is 0 Å². The largest absolute Gasteiger partial charge is 0.376 e. The van der Waals surface area contributed by atoms with Gasteiger partial charge in [0.2, 0.25) is 0 Å². The van der Waals surface area contributed by atoms with E-state index in [1.807, 2.05) is 6.08 Å². The van der Waals surface area contributed by atoms with Gasteiger partial charge >= 0.3 is 0 Å². The van der Waals surface area contributed by atoms with E-state index in [2.05, 4.69) is 50.9 Å². The van der Waals surface area contributed by atoms with Crippen molar-refractivity contribution in [3.05, 3.63) is 22.9 Å². The molecule has 0 saturated heterocycles. The van der Waals surface area contributed by atoms with Gasteiger partial charge < -0.3 is 9.80 Å². The second-order valence-electron chi connectivity index (χ2n) is 3.97. The van der Waals surface area contributed by atoms with Crippen LogP contribution in [0.4, 0.5) is 0 Å². The predicted octanol–water partition coefficient (Wildman–Crippen LogP) is 2.92. The van der Waals surface area contributed by atoms with Gasteiger partial charge in [-0.3, -0.25) is 0 Å². The van der Waals surface area contributed by atoms with Crippen molar-refractivity contribution >= 4 is 11.6 Å². The lowest BCUT2D eigenvalue weighted by Crippen LogP contribution is -2.27. The third kappa shape index (κ3) is 6.58. The highest BCUT2D eigenvalue weighted by Gasteiger charge is 2.03. The summed E-state index contributed by atoms with van der Waals surface area (Å²) in [4.78, 5) is 4.35. The quantitative estimate of drug-likeness (QED) is 0.648. The minimum atomic E-state index is 0.832. The molecule has 0 spiro atoms. The molecule has 0 unspecified atom stereocenters. The molecule has 15 heavy (non-hydrogen) atoms. The smallest absolute Gasteiger partial charge is 0.0591 e. The first kappa shape index (κ1) is 14.5. The highest BCUT2D eigenvalue weighted by molar-refractivity contribution is 6.31. The van der Waals surface area contributed by atoms with Gasteiger partial charge in [0, 0.05) is 25.8 Å². The van der Waals surface area contributed by atoms with Crippen LogP contribution in [0.5, 0.6) is 0 Å². The third-order valence-corrected chi connectivity index (χ3v) is 2.70. The number of rotatable bonds is 6. The van der Waals surface area contributed by atoms with Crippen LogP contribution in [0.1, 0.15) is 20.3 Å². The number of nitrogens with zero attached hydrogens (tertiary/aromatic N) is 2. The fourth-order valence-corrected chi connectivity index (χ4v) is 1.28. The zero-order valence-electron chi connectivity index (χ0n) is 10.5. The zero-order chi connectivity index (χ0) is 11.8. The molecule has 0 radical (unpaired) electrons. The minimum absolute atomic E-state index is 0.832. The van der Waals surface area contributed by atoms with Gasteiger partial charge in [-0.2, -0.15) is 0 Å². The van der Waals surface area contributed by atoms with E-state index in [4.69, 9.17) is 11.6 Å². The number of halogens is 1. The van der Waals surface area contributed by atoms with Crippen molar-refractivity contribution < 1.29 is 0 Å². The molecule has 0 aliphatic carbocycles. The Morgan fingerprint density at radius 1 is 1.20 bits per heavy atom. The van der Waals surface area contributed by atoms with E-state index in [-0.39, 0.29) is 0 Å². The summed E-state index contributed by atoms with van der Waals surface area (Å²) in [5, 5.41) is 0.832. The Morgan fingerprint density at radius 2 is 1.80 bits per heavy atom. The summed E-state index contributed by atoms with van der Waals surface area (Å²) in [6.45, 7) is 6.19. The van der Waals surface area contributed by atoms with Crippen LogP contribution >= 0.6 is 11.6 Å². The maximum absolute atomic E-state index is 6.16. The summed E-state index contributed by atoms with van der Waals surface area (Å²) in [6, 6.07) is 0. The lowest BCUT2D eigenvalue weighted by molar-refractivity contribution is 0.325. The van der Waals surface area contributed by atoms with Gasteiger partial charge in [-0.15, -0.1) is 0 Å². The van der Waals surface area contributed by atoms with Crippen molar-refractivity contribution in [2.45, 2.75) is 20.3 Å². The van der Waals surface area contributed by atoms with Gasteiger partial charge in [0.05, 0.1) is 5.03 Å². The molecular formula is C12H23ClN2. The van der Waals surface area contributed by atoms with Crippen LogP contribution < -0.4 is 0 Å². The van der Waals surface area contributed by atoms with Gasteiger partial charge in [-0.05, 0) is 33.5 Å². The van der Waals surface area contributed by atoms with Crippen molar-refractivity contribution in [1.29, 1.82) is 0 Å². The first-order chi connectivity index (χ1) is 6.99. The molecule has 2 nitrogen and oxygen atoms in total. The molecule has 0 rings (SSSR count). The molecule has 3 heteroatoms. The van der Waals surface area contributed by atoms with Crippen molar-refractivity contribution in [2.75, 3.05) is 34.2 Å². The summed E-state index contributed by atoms with van der Waals surface area (Å²) in [6.07, 6.45) is 5.07. The van der Waals surface area contributed by atoms with Crippen LogP contribution in [0.15, 0.2) is 22.9 Å². The highest BCUT2D eigenvalue weighted by Crippen LogP contribution is 2.13. The van der Waals surface area contributed by atoms with E-state index in [0.717, 1.165) is 30.2 Å². The Kier molecular flexibility index (Phi) is 7.53. The molecule has 0 saturated carbocycles. The maximum atomic E-state index is 6.16. The Balaban J connectivity index is 4.27. The molecule has 0 atom stereocenters. The second-order valence-corrected chi connectivity index (χ2v) is 4.38. The number of hydrogen-bond acceptors (Lipinski definition) is 2. The van der Waals surface area contributed by atoms with Gasteiger partial charge in [-0.1, -0.05) is 24.6 Å². The lowest BCUT2D eigenvalue weighted by Gasteiger charge is -2.22. The van der Waals surface area contributed by atoms with E-state index in [0.29, 0.717) is 0 Å². The molecule has 0 bridgehead atoms. The van der Waals surface area contributed by atoms with E-state index in [9.17, 15) is 0 Å². The molecule has 88 valence electrons. The number of hydrogen-bond donors (Lipinski definition) is 0. The number of likely N-dealkylation sites (N-methyl/N-ethyl adjacent to an activating group) is 2. The van der Waals surface area contributed by atoms with Crippen LogP contribution in [-0.2, 0) is 0 Å². The molecule has 0 N–H and O–H groups in total. The van der Waals surface area contributed by atoms with Crippen LogP contribution in [-0.4, -0.2) is 44.0 Å². The molecule has 0 amide bonds. The molecular weight excluding hydrogens is 208 g/mol. The summed E-state index contributed by atoms with van der Waals surface area (Å²) in [7, 11) is 6.22. The van der Waals surface area contributed by atoms with Crippen LogP contribution in [0.3, 0.4) is 0 Å². The Bertz CT molecular complexity index is 232. The van der Waals surface area contributed by atoms with E-state index >= 15 is 0 Å². The molecule has 0 aromatic heterocycles. The normalized spacial score (nSPS) is 13.5. The van der Waals surface area contributed by atoms with E-state index in [1.54, 1.807) is 0 Å². The second kappa shape index (κ2) is 7.77. The minimum Gasteiger partial charge on any atom is -0.376 e. The van der Waals surface area contributed by atoms with Gasteiger partial charge in [0.1, 0.15) is 0 Å². The van der Waals surface area contributed by atoms with Crippen LogP contribution in [0.25, 0.3) is 0 Å². The average Bonchev–Trinajstić information content (AvgIpc) is 2.21. The van der Waals surface area contributed by atoms with Crippen LogP contribution in [0.2, 0.25) is 0 Å². The first-order valence-corrected chi connectivity index (χ1v) is 5.75. The van der Waals surface area contributed by atoms with Gasteiger partial charge in [-0.25, -0.2) is 0 Å². The lowest BCUT2D eigenvalue weighted by atomic mass is 10.3. The monoisotopic (exact) mass is 230 g/mol. The molecule has 0 heterocycles. The molecule has 0 fully saturated rings. The Morgan fingerprint density at radius 3 is 2.27 bits per heavy atom. The SMILES string of the molecule is CC/C=C\C(Cl)=C(/C)N(C)CCN(C)C. The highest BCUT2D eigenvalue weighted by atomic mass is 35.5. The average molecular weight is 231 g/mol. The predicted molar refractivity (Wildman–Crippen MR) is 69.2 cm³/mol. The van der Waals surface area contributed by atoms with Crippen LogP contribution in [0, 0.1) is 0 Å². The summed E-state index contributed by atoms with van der Waals surface area (Å²) < 4.78 is 0. The fraction of sp³-hybridized carbons (Fsp3) is 0.667. The topological polar surface area (TPSA) is 6.48 Å². The molecule has 0 aliphatic heterocycles. The molecule has 0 aromatic carbocycles. The van der Waals surface area contributed by atoms with Crippen molar-refractivity contribution in [3.8, 4) is 0 Å². The first-order valence-electron chi connectivity index (χ1n) is 5.37. The zero-order valence-corrected chi connectivity index (χ0v) is 11.3. The Hall–Kier alpha value is -0.470. The van der Waals surface area contributed by atoms with E-state index < -0.39 is 0 Å². The Labute approximate surface area is 99.2 Å².